The minimum Gasteiger partial charge on any atom is -0.380 e. The van der Waals surface area contributed by atoms with Gasteiger partial charge >= 0.3 is 15.6 Å². The second-order valence-corrected chi connectivity index (χ2v) is 7.05. The van der Waals surface area contributed by atoms with Crippen molar-refractivity contribution in [3.8, 4) is 0 Å². The maximum absolute atomic E-state index is 12.4. The van der Waals surface area contributed by atoms with Gasteiger partial charge in [-0.15, -0.1) is 0 Å². The lowest BCUT2D eigenvalue weighted by Gasteiger charge is -2.48. The van der Waals surface area contributed by atoms with Gasteiger partial charge in [0, 0.05) is 18.4 Å². The Kier molecular flexibility index (Phi) is 3.26. The quantitative estimate of drug-likeness (QED) is 0.457. The summed E-state index contributed by atoms with van der Waals surface area (Å²) in [6.07, 6.45) is 5.19. The van der Waals surface area contributed by atoms with E-state index in [-0.39, 0.29) is 11.7 Å². The van der Waals surface area contributed by atoms with Crippen molar-refractivity contribution < 1.29 is 30.5 Å². The number of hydrogen-bond acceptors (Lipinski definition) is 4. The SMILES string of the molecule is CO[C@]1(C)C[C@@]2(C)C=C[C@@H]1C=C2OS(=O)(=O)C(F)(F)F. The molecule has 3 rings (SSSR count). The summed E-state index contributed by atoms with van der Waals surface area (Å²) in [6.45, 7) is 3.44. The number of allylic oxidation sites excluding steroid dienone is 1. The highest BCUT2D eigenvalue weighted by atomic mass is 32.2. The largest absolute Gasteiger partial charge is 0.534 e. The Hall–Kier alpha value is -1.02. The Bertz CT molecular complexity index is 578. The molecule has 0 saturated carbocycles. The first-order valence-corrected chi connectivity index (χ1v) is 7.32. The third-order valence-electron chi connectivity index (χ3n) is 3.94. The number of methoxy groups -OCH3 is 1. The Balaban J connectivity index is 2.36. The lowest BCUT2D eigenvalue weighted by atomic mass is 9.63. The van der Waals surface area contributed by atoms with Crippen molar-refractivity contribution in [3.63, 3.8) is 0 Å². The first-order valence-electron chi connectivity index (χ1n) is 5.91. The van der Waals surface area contributed by atoms with Crippen LogP contribution in [0.5, 0.6) is 0 Å². The van der Waals surface area contributed by atoms with Crippen molar-refractivity contribution >= 4 is 10.1 Å². The highest BCUT2D eigenvalue weighted by Gasteiger charge is 2.54. The highest BCUT2D eigenvalue weighted by Crippen LogP contribution is 2.52. The molecule has 4 nitrogen and oxygen atoms in total. The molecule has 0 heterocycles. The highest BCUT2D eigenvalue weighted by molar-refractivity contribution is 7.87. The average Bonchev–Trinajstić information content (AvgIpc) is 2.29. The topological polar surface area (TPSA) is 52.6 Å². The summed E-state index contributed by atoms with van der Waals surface area (Å²) in [5.74, 6) is -0.524. The standard InChI is InChI=1S/C12H15F3O4S/c1-10-5-4-8(11(2,7-10)18-3)6-9(10)19-20(16,17)12(13,14)15/h4-6,8H,7H2,1-3H3/t8-,10-,11-/m1/s1. The number of fused-ring (bicyclic) bond motifs is 1. The van der Waals surface area contributed by atoms with Gasteiger partial charge in [0.05, 0.1) is 5.60 Å². The second-order valence-electron chi connectivity index (χ2n) is 5.51. The minimum atomic E-state index is -5.64. The van der Waals surface area contributed by atoms with Crippen LogP contribution in [0.2, 0.25) is 0 Å². The van der Waals surface area contributed by atoms with E-state index in [4.69, 9.17) is 4.74 Å². The first-order chi connectivity index (χ1) is 8.94. The molecule has 0 amide bonds. The molecule has 0 saturated heterocycles. The van der Waals surface area contributed by atoms with Crippen LogP contribution in [0.4, 0.5) is 13.2 Å². The molecular formula is C12H15F3O4S. The summed E-state index contributed by atoms with van der Waals surface area (Å²) in [7, 11) is -4.13. The van der Waals surface area contributed by atoms with Gasteiger partial charge in [-0.25, -0.2) is 0 Å². The van der Waals surface area contributed by atoms with E-state index in [0.717, 1.165) is 0 Å². The van der Waals surface area contributed by atoms with Crippen LogP contribution < -0.4 is 0 Å². The van der Waals surface area contributed by atoms with Gasteiger partial charge < -0.3 is 8.92 Å². The number of hydrogen-bond donors (Lipinski definition) is 0. The Labute approximate surface area is 115 Å². The van der Waals surface area contributed by atoms with E-state index in [2.05, 4.69) is 4.18 Å². The van der Waals surface area contributed by atoms with Crippen LogP contribution in [-0.4, -0.2) is 26.6 Å². The molecule has 0 fully saturated rings. The Morgan fingerprint density at radius 1 is 1.35 bits per heavy atom. The van der Waals surface area contributed by atoms with Crippen molar-refractivity contribution in [2.45, 2.75) is 31.4 Å². The van der Waals surface area contributed by atoms with Crippen LogP contribution in [-0.2, 0) is 19.0 Å². The number of rotatable bonds is 3. The average molecular weight is 312 g/mol. The lowest BCUT2D eigenvalue weighted by Crippen LogP contribution is -2.48. The molecule has 0 aromatic rings. The molecule has 20 heavy (non-hydrogen) atoms. The van der Waals surface area contributed by atoms with E-state index in [1.165, 1.54) is 13.2 Å². The first kappa shape index (κ1) is 15.4. The summed E-state index contributed by atoms with van der Waals surface area (Å²) in [5, 5.41) is 0. The van der Waals surface area contributed by atoms with Crippen molar-refractivity contribution in [2.75, 3.05) is 7.11 Å². The predicted octanol–water partition coefficient (Wildman–Crippen LogP) is 2.74. The van der Waals surface area contributed by atoms with Crippen LogP contribution >= 0.6 is 0 Å². The minimum absolute atomic E-state index is 0.197. The third kappa shape index (κ3) is 2.24. The van der Waals surface area contributed by atoms with Gasteiger partial charge in [-0.05, 0) is 26.3 Å². The van der Waals surface area contributed by atoms with E-state index in [1.807, 2.05) is 6.92 Å². The summed E-state index contributed by atoms with van der Waals surface area (Å²) in [6, 6.07) is 0. The smallest absolute Gasteiger partial charge is 0.380 e. The van der Waals surface area contributed by atoms with Crippen molar-refractivity contribution in [1.82, 2.24) is 0 Å². The monoisotopic (exact) mass is 312 g/mol. The molecule has 114 valence electrons. The summed E-state index contributed by atoms with van der Waals surface area (Å²) < 4.78 is 69.1. The zero-order chi connectivity index (χ0) is 15.4. The van der Waals surface area contributed by atoms with Gasteiger partial charge in [-0.1, -0.05) is 12.2 Å². The second kappa shape index (κ2) is 4.24. The van der Waals surface area contributed by atoms with E-state index >= 15 is 0 Å². The van der Waals surface area contributed by atoms with Crippen molar-refractivity contribution in [2.24, 2.45) is 11.3 Å². The van der Waals surface area contributed by atoms with Gasteiger partial charge in [0.1, 0.15) is 5.76 Å². The van der Waals surface area contributed by atoms with Gasteiger partial charge in [-0.2, -0.15) is 21.6 Å². The van der Waals surface area contributed by atoms with E-state index in [1.54, 1.807) is 19.1 Å². The Morgan fingerprint density at radius 2 is 1.95 bits per heavy atom. The number of halogens is 3. The predicted molar refractivity (Wildman–Crippen MR) is 64.9 cm³/mol. The molecule has 0 spiro atoms. The molecular weight excluding hydrogens is 297 g/mol. The van der Waals surface area contributed by atoms with Crippen LogP contribution in [0.3, 0.4) is 0 Å². The number of alkyl halides is 3. The van der Waals surface area contributed by atoms with Gasteiger partial charge in [0.2, 0.25) is 0 Å². The molecule has 0 unspecified atom stereocenters. The maximum atomic E-state index is 12.4. The molecule has 0 aromatic heterocycles. The zero-order valence-corrected chi connectivity index (χ0v) is 12.0. The normalized spacial score (nSPS) is 36.9. The summed E-state index contributed by atoms with van der Waals surface area (Å²) in [5.41, 5.74) is -6.95. The Morgan fingerprint density at radius 3 is 2.40 bits per heavy atom. The molecule has 2 bridgehead atoms. The van der Waals surface area contributed by atoms with E-state index < -0.39 is 26.6 Å². The zero-order valence-electron chi connectivity index (χ0n) is 11.2. The van der Waals surface area contributed by atoms with Crippen LogP contribution in [0, 0.1) is 11.3 Å². The molecule has 0 N–H and O–H groups in total. The van der Waals surface area contributed by atoms with Crippen LogP contribution in [0.1, 0.15) is 20.3 Å². The van der Waals surface area contributed by atoms with Crippen LogP contribution in [0.15, 0.2) is 24.0 Å². The van der Waals surface area contributed by atoms with Crippen molar-refractivity contribution in [3.05, 3.63) is 24.0 Å². The molecule has 0 aliphatic heterocycles. The number of ether oxygens (including phenoxy) is 1. The lowest BCUT2D eigenvalue weighted by molar-refractivity contribution is -0.0655. The van der Waals surface area contributed by atoms with Crippen LogP contribution in [0.25, 0.3) is 0 Å². The fraction of sp³-hybridized carbons (Fsp3) is 0.667. The molecule has 0 radical (unpaired) electrons. The van der Waals surface area contributed by atoms with E-state index in [9.17, 15) is 21.6 Å². The molecule has 3 aliphatic carbocycles. The molecule has 0 aromatic carbocycles. The maximum Gasteiger partial charge on any atom is 0.534 e. The fourth-order valence-corrected chi connectivity index (χ4v) is 3.25. The van der Waals surface area contributed by atoms with E-state index in [0.29, 0.717) is 6.42 Å². The van der Waals surface area contributed by atoms with Gasteiger partial charge in [0.15, 0.2) is 0 Å². The van der Waals surface area contributed by atoms with Gasteiger partial charge in [-0.3, -0.25) is 0 Å². The summed E-state index contributed by atoms with van der Waals surface area (Å²) in [4.78, 5) is 0. The summed E-state index contributed by atoms with van der Waals surface area (Å²) >= 11 is 0. The van der Waals surface area contributed by atoms with Crippen molar-refractivity contribution in [1.29, 1.82) is 0 Å². The van der Waals surface area contributed by atoms with Gasteiger partial charge in [0.25, 0.3) is 0 Å². The molecule has 3 atom stereocenters. The molecule has 3 aliphatic rings. The fourth-order valence-electron chi connectivity index (χ4n) is 2.68. The molecule has 8 heteroatoms. The third-order valence-corrected chi connectivity index (χ3v) is 4.90.